The SMILES string of the molecule is COC1CN(C(=O)c2cccc(Br)c2C)CC1OC. The van der Waals surface area contributed by atoms with Crippen molar-refractivity contribution in [1.29, 1.82) is 0 Å². The van der Waals surface area contributed by atoms with Gasteiger partial charge in [-0.1, -0.05) is 22.0 Å². The van der Waals surface area contributed by atoms with Crippen LogP contribution in [0.5, 0.6) is 0 Å². The van der Waals surface area contributed by atoms with Crippen LogP contribution in [-0.4, -0.2) is 50.3 Å². The van der Waals surface area contributed by atoms with E-state index >= 15 is 0 Å². The minimum Gasteiger partial charge on any atom is -0.377 e. The summed E-state index contributed by atoms with van der Waals surface area (Å²) in [5.41, 5.74) is 1.68. The highest BCUT2D eigenvalue weighted by Crippen LogP contribution is 2.23. The van der Waals surface area contributed by atoms with Crippen molar-refractivity contribution in [2.24, 2.45) is 0 Å². The van der Waals surface area contributed by atoms with Gasteiger partial charge < -0.3 is 14.4 Å². The molecule has 1 aliphatic heterocycles. The fourth-order valence-corrected chi connectivity index (χ4v) is 2.74. The Bertz CT molecular complexity index is 466. The van der Waals surface area contributed by atoms with Crippen LogP contribution in [0.2, 0.25) is 0 Å². The lowest BCUT2D eigenvalue weighted by Gasteiger charge is -2.17. The molecule has 0 radical (unpaired) electrons. The second kappa shape index (κ2) is 6.03. The first-order chi connectivity index (χ1) is 9.08. The molecular formula is C14H18BrNO3. The molecule has 1 heterocycles. The van der Waals surface area contributed by atoms with Gasteiger partial charge >= 0.3 is 0 Å². The Kier molecular flexibility index (Phi) is 4.60. The molecule has 0 aromatic heterocycles. The first-order valence-electron chi connectivity index (χ1n) is 6.18. The van der Waals surface area contributed by atoms with Crippen molar-refractivity contribution >= 4 is 21.8 Å². The topological polar surface area (TPSA) is 38.8 Å². The number of nitrogens with zero attached hydrogens (tertiary/aromatic N) is 1. The molecule has 0 saturated carbocycles. The zero-order valence-electron chi connectivity index (χ0n) is 11.4. The lowest BCUT2D eigenvalue weighted by Crippen LogP contribution is -2.30. The van der Waals surface area contributed by atoms with Gasteiger partial charge in [-0.3, -0.25) is 4.79 Å². The molecule has 4 nitrogen and oxygen atoms in total. The average molecular weight is 328 g/mol. The number of hydrogen-bond acceptors (Lipinski definition) is 3. The highest BCUT2D eigenvalue weighted by Gasteiger charge is 2.36. The van der Waals surface area contributed by atoms with Gasteiger partial charge in [0.2, 0.25) is 0 Å². The molecule has 0 aliphatic carbocycles. The van der Waals surface area contributed by atoms with E-state index in [2.05, 4.69) is 15.9 Å². The first-order valence-corrected chi connectivity index (χ1v) is 6.97. The molecule has 5 heteroatoms. The third kappa shape index (κ3) is 2.83. The van der Waals surface area contributed by atoms with Crippen molar-refractivity contribution in [2.45, 2.75) is 19.1 Å². The van der Waals surface area contributed by atoms with E-state index < -0.39 is 0 Å². The monoisotopic (exact) mass is 327 g/mol. The van der Waals surface area contributed by atoms with Gasteiger partial charge in [0.1, 0.15) is 12.2 Å². The number of rotatable bonds is 3. The number of hydrogen-bond donors (Lipinski definition) is 0. The number of methoxy groups -OCH3 is 2. The smallest absolute Gasteiger partial charge is 0.254 e. The Morgan fingerprint density at radius 1 is 1.26 bits per heavy atom. The number of likely N-dealkylation sites (tertiary alicyclic amines) is 1. The average Bonchev–Trinajstić information content (AvgIpc) is 2.84. The van der Waals surface area contributed by atoms with Crippen LogP contribution < -0.4 is 0 Å². The maximum absolute atomic E-state index is 12.5. The highest BCUT2D eigenvalue weighted by atomic mass is 79.9. The van der Waals surface area contributed by atoms with Gasteiger partial charge in [0.15, 0.2) is 0 Å². The Morgan fingerprint density at radius 3 is 2.37 bits per heavy atom. The van der Waals surface area contributed by atoms with Crippen molar-refractivity contribution in [1.82, 2.24) is 4.90 Å². The molecule has 1 aliphatic rings. The Balaban J connectivity index is 2.19. The van der Waals surface area contributed by atoms with E-state index in [-0.39, 0.29) is 18.1 Å². The predicted octanol–water partition coefficient (Wildman–Crippen LogP) is 2.24. The van der Waals surface area contributed by atoms with Crippen molar-refractivity contribution < 1.29 is 14.3 Å². The summed E-state index contributed by atoms with van der Waals surface area (Å²) in [6, 6.07) is 5.67. The normalized spacial score (nSPS) is 22.8. The number of halogens is 1. The van der Waals surface area contributed by atoms with Gasteiger partial charge in [-0.2, -0.15) is 0 Å². The van der Waals surface area contributed by atoms with E-state index in [9.17, 15) is 4.79 Å². The van der Waals surface area contributed by atoms with Gasteiger partial charge in [0.25, 0.3) is 5.91 Å². The lowest BCUT2D eigenvalue weighted by atomic mass is 10.1. The maximum Gasteiger partial charge on any atom is 0.254 e. The number of amides is 1. The van der Waals surface area contributed by atoms with Crippen LogP contribution >= 0.6 is 15.9 Å². The number of benzene rings is 1. The minimum absolute atomic E-state index is 0.0281. The zero-order valence-corrected chi connectivity index (χ0v) is 12.9. The molecule has 0 bridgehead atoms. The van der Waals surface area contributed by atoms with E-state index in [1.165, 1.54) is 0 Å². The van der Waals surface area contributed by atoms with Crippen LogP contribution in [-0.2, 0) is 9.47 Å². The second-order valence-corrected chi connectivity index (χ2v) is 5.53. The van der Waals surface area contributed by atoms with Crippen molar-refractivity contribution in [3.8, 4) is 0 Å². The standard InChI is InChI=1S/C14H18BrNO3/c1-9-10(5-4-6-11(9)15)14(17)16-7-12(18-2)13(8-16)19-3/h4-6,12-13H,7-8H2,1-3H3. The molecule has 2 atom stereocenters. The molecule has 104 valence electrons. The summed E-state index contributed by atoms with van der Waals surface area (Å²) in [5.74, 6) is 0.0281. The van der Waals surface area contributed by atoms with Crippen LogP contribution in [0.3, 0.4) is 0 Å². The number of carbonyl (C=O) groups is 1. The molecule has 19 heavy (non-hydrogen) atoms. The van der Waals surface area contributed by atoms with Gasteiger partial charge in [-0.05, 0) is 24.6 Å². The number of ether oxygens (including phenoxy) is 2. The van der Waals surface area contributed by atoms with E-state index in [0.717, 1.165) is 15.6 Å². The van der Waals surface area contributed by atoms with Crippen LogP contribution in [0.1, 0.15) is 15.9 Å². The minimum atomic E-state index is -0.0543. The fourth-order valence-electron chi connectivity index (χ4n) is 2.37. The van der Waals surface area contributed by atoms with Crippen molar-refractivity contribution in [2.75, 3.05) is 27.3 Å². The molecule has 1 amide bonds. The quantitative estimate of drug-likeness (QED) is 0.854. The number of carbonyl (C=O) groups excluding carboxylic acids is 1. The Hall–Kier alpha value is -0.910. The highest BCUT2D eigenvalue weighted by molar-refractivity contribution is 9.10. The van der Waals surface area contributed by atoms with Gasteiger partial charge in [-0.25, -0.2) is 0 Å². The predicted molar refractivity (Wildman–Crippen MR) is 76.4 cm³/mol. The summed E-state index contributed by atoms with van der Waals surface area (Å²) in [6.07, 6.45) is -0.109. The molecule has 1 fully saturated rings. The van der Waals surface area contributed by atoms with Crippen LogP contribution in [0.4, 0.5) is 0 Å². The molecule has 0 spiro atoms. The third-order valence-electron chi connectivity index (χ3n) is 3.61. The summed E-state index contributed by atoms with van der Waals surface area (Å²) in [5, 5.41) is 0. The largest absolute Gasteiger partial charge is 0.377 e. The summed E-state index contributed by atoms with van der Waals surface area (Å²) in [6.45, 7) is 3.08. The Labute approximate surface area is 121 Å². The van der Waals surface area contributed by atoms with Gasteiger partial charge in [-0.15, -0.1) is 0 Å². The summed E-state index contributed by atoms with van der Waals surface area (Å²) < 4.78 is 11.7. The van der Waals surface area contributed by atoms with Gasteiger partial charge in [0.05, 0.1) is 0 Å². The molecule has 1 aromatic rings. The van der Waals surface area contributed by atoms with Crippen LogP contribution in [0.15, 0.2) is 22.7 Å². The van der Waals surface area contributed by atoms with Crippen molar-refractivity contribution in [3.63, 3.8) is 0 Å². The third-order valence-corrected chi connectivity index (χ3v) is 4.47. The van der Waals surface area contributed by atoms with E-state index in [1.54, 1.807) is 19.1 Å². The summed E-state index contributed by atoms with van der Waals surface area (Å²) in [4.78, 5) is 14.3. The second-order valence-electron chi connectivity index (χ2n) is 4.67. The molecule has 2 unspecified atom stereocenters. The first kappa shape index (κ1) is 14.5. The molecule has 2 rings (SSSR count). The van der Waals surface area contributed by atoms with E-state index in [4.69, 9.17) is 9.47 Å². The zero-order chi connectivity index (χ0) is 14.0. The summed E-state index contributed by atoms with van der Waals surface area (Å²) in [7, 11) is 3.30. The fraction of sp³-hybridized carbons (Fsp3) is 0.500. The van der Waals surface area contributed by atoms with Gasteiger partial charge in [0, 0.05) is 37.3 Å². The molecule has 0 N–H and O–H groups in total. The van der Waals surface area contributed by atoms with Crippen LogP contribution in [0.25, 0.3) is 0 Å². The Morgan fingerprint density at radius 2 is 1.84 bits per heavy atom. The molecule has 1 saturated heterocycles. The lowest BCUT2D eigenvalue weighted by molar-refractivity contribution is -0.00461. The molecule has 1 aromatic carbocycles. The van der Waals surface area contributed by atoms with E-state index in [1.807, 2.05) is 25.1 Å². The van der Waals surface area contributed by atoms with Crippen molar-refractivity contribution in [3.05, 3.63) is 33.8 Å². The summed E-state index contributed by atoms with van der Waals surface area (Å²) >= 11 is 3.45. The maximum atomic E-state index is 12.5. The van der Waals surface area contributed by atoms with Crippen LogP contribution in [0, 0.1) is 6.92 Å². The molecular weight excluding hydrogens is 310 g/mol. The van der Waals surface area contributed by atoms with E-state index in [0.29, 0.717) is 13.1 Å².